The predicted octanol–water partition coefficient (Wildman–Crippen LogP) is 2.78. The largest absolute Gasteiger partial charge is 0.497 e. The smallest absolute Gasteiger partial charge is 0.251 e. The minimum absolute atomic E-state index is 0.0988. The number of hydrogen-bond acceptors (Lipinski definition) is 4. The molecule has 0 aromatic heterocycles. The molecule has 0 radical (unpaired) electrons. The second kappa shape index (κ2) is 8.58. The Morgan fingerprint density at radius 2 is 1.26 bits per heavy atom. The zero-order chi connectivity index (χ0) is 19.2. The molecule has 2 unspecified atom stereocenters. The van der Waals surface area contributed by atoms with Gasteiger partial charge in [0, 0.05) is 23.2 Å². The van der Waals surface area contributed by atoms with Crippen molar-refractivity contribution >= 4 is 11.8 Å². The van der Waals surface area contributed by atoms with Crippen LogP contribution in [0.25, 0.3) is 0 Å². The summed E-state index contributed by atoms with van der Waals surface area (Å²) in [6, 6.07) is 13.9. The second-order valence-corrected chi connectivity index (χ2v) is 6.55. The van der Waals surface area contributed by atoms with Crippen molar-refractivity contribution < 1.29 is 19.1 Å². The van der Waals surface area contributed by atoms with E-state index in [1.54, 1.807) is 62.8 Å². The first kappa shape index (κ1) is 18.8. The monoisotopic (exact) mass is 368 g/mol. The van der Waals surface area contributed by atoms with Crippen LogP contribution in [0.4, 0.5) is 0 Å². The molecule has 3 rings (SSSR count). The quantitative estimate of drug-likeness (QED) is 0.822. The number of carbonyl (C=O) groups excluding carboxylic acids is 2. The first-order valence-electron chi connectivity index (χ1n) is 9.00. The summed E-state index contributed by atoms with van der Waals surface area (Å²) in [5, 5.41) is 6.08. The highest BCUT2D eigenvalue weighted by molar-refractivity contribution is 5.96. The van der Waals surface area contributed by atoms with Crippen molar-refractivity contribution in [3.63, 3.8) is 0 Å². The van der Waals surface area contributed by atoms with Crippen molar-refractivity contribution in [2.75, 3.05) is 14.2 Å². The zero-order valence-electron chi connectivity index (χ0n) is 15.5. The van der Waals surface area contributed by atoms with Gasteiger partial charge in [0.2, 0.25) is 0 Å². The van der Waals surface area contributed by atoms with Gasteiger partial charge in [-0.3, -0.25) is 9.59 Å². The summed E-state index contributed by atoms with van der Waals surface area (Å²) >= 11 is 0. The highest BCUT2D eigenvalue weighted by Gasteiger charge is 2.30. The maximum atomic E-state index is 12.6. The molecule has 1 fully saturated rings. The summed E-state index contributed by atoms with van der Waals surface area (Å²) in [7, 11) is 3.14. The lowest BCUT2D eigenvalue weighted by Gasteiger charge is -2.22. The number of nitrogens with one attached hydrogen (secondary N) is 2. The molecule has 142 valence electrons. The third-order valence-corrected chi connectivity index (χ3v) is 4.81. The molecule has 1 aliphatic rings. The Hall–Kier alpha value is -3.02. The van der Waals surface area contributed by atoms with Gasteiger partial charge in [-0.25, -0.2) is 0 Å². The third kappa shape index (κ3) is 4.58. The summed E-state index contributed by atoms with van der Waals surface area (Å²) in [4.78, 5) is 25.1. The van der Waals surface area contributed by atoms with Gasteiger partial charge < -0.3 is 20.1 Å². The van der Waals surface area contributed by atoms with Crippen LogP contribution < -0.4 is 20.1 Å². The fourth-order valence-corrected chi connectivity index (χ4v) is 3.34. The highest BCUT2D eigenvalue weighted by Crippen LogP contribution is 2.21. The number of carbonyl (C=O) groups is 2. The fraction of sp³-hybridized carbons (Fsp3) is 0.333. The van der Waals surface area contributed by atoms with E-state index in [1.807, 2.05) is 0 Å². The Kier molecular flexibility index (Phi) is 5.96. The normalized spacial score (nSPS) is 18.6. The Morgan fingerprint density at radius 1 is 0.815 bits per heavy atom. The van der Waals surface area contributed by atoms with E-state index in [4.69, 9.17) is 9.47 Å². The van der Waals surface area contributed by atoms with Gasteiger partial charge in [-0.05, 0) is 55.7 Å². The molecule has 2 aromatic carbocycles. The van der Waals surface area contributed by atoms with Crippen molar-refractivity contribution in [3.8, 4) is 11.5 Å². The first-order chi connectivity index (χ1) is 13.1. The Bertz CT molecular complexity index is 754. The molecule has 1 saturated carbocycles. The molecule has 0 spiro atoms. The van der Waals surface area contributed by atoms with Crippen LogP contribution in [0.15, 0.2) is 48.5 Å². The Morgan fingerprint density at radius 3 is 1.67 bits per heavy atom. The van der Waals surface area contributed by atoms with Crippen LogP contribution in [0.3, 0.4) is 0 Å². The van der Waals surface area contributed by atoms with Crippen LogP contribution in [0.1, 0.15) is 40.0 Å². The molecular weight excluding hydrogens is 344 g/mol. The summed E-state index contributed by atoms with van der Waals surface area (Å²) in [5.41, 5.74) is 1.08. The first-order valence-corrected chi connectivity index (χ1v) is 9.00. The molecule has 27 heavy (non-hydrogen) atoms. The van der Waals surface area contributed by atoms with E-state index in [9.17, 15) is 9.59 Å². The maximum Gasteiger partial charge on any atom is 0.251 e. The lowest BCUT2D eigenvalue weighted by Crippen LogP contribution is -2.48. The summed E-state index contributed by atoms with van der Waals surface area (Å²) in [6.07, 6.45) is 2.61. The SMILES string of the molecule is COc1cccc(C(=O)NC2CCCC2NC(=O)c2cccc(OC)c2)c1. The van der Waals surface area contributed by atoms with Gasteiger partial charge in [-0.1, -0.05) is 12.1 Å². The van der Waals surface area contributed by atoms with Crippen LogP contribution in [0, 0.1) is 0 Å². The molecule has 2 atom stereocenters. The van der Waals surface area contributed by atoms with Crippen LogP contribution in [0.2, 0.25) is 0 Å². The van der Waals surface area contributed by atoms with E-state index in [2.05, 4.69) is 10.6 Å². The Labute approximate surface area is 158 Å². The van der Waals surface area contributed by atoms with E-state index in [0.29, 0.717) is 22.6 Å². The third-order valence-electron chi connectivity index (χ3n) is 4.81. The highest BCUT2D eigenvalue weighted by atomic mass is 16.5. The molecule has 1 aliphatic carbocycles. The van der Waals surface area contributed by atoms with E-state index >= 15 is 0 Å². The summed E-state index contributed by atoms with van der Waals surface area (Å²) < 4.78 is 10.3. The van der Waals surface area contributed by atoms with Crippen molar-refractivity contribution in [1.82, 2.24) is 10.6 Å². The van der Waals surface area contributed by atoms with Crippen LogP contribution >= 0.6 is 0 Å². The molecule has 2 N–H and O–H groups in total. The van der Waals surface area contributed by atoms with Gasteiger partial charge in [0.05, 0.1) is 14.2 Å². The van der Waals surface area contributed by atoms with Gasteiger partial charge in [0.15, 0.2) is 0 Å². The number of amides is 2. The van der Waals surface area contributed by atoms with Gasteiger partial charge in [0.25, 0.3) is 11.8 Å². The molecular formula is C21H24N2O4. The maximum absolute atomic E-state index is 12.6. The van der Waals surface area contributed by atoms with Crippen molar-refractivity contribution in [3.05, 3.63) is 59.7 Å². The summed E-state index contributed by atoms with van der Waals surface area (Å²) in [5.74, 6) is 0.941. The van der Waals surface area contributed by atoms with Gasteiger partial charge in [-0.15, -0.1) is 0 Å². The topological polar surface area (TPSA) is 76.7 Å². The van der Waals surface area contributed by atoms with Gasteiger partial charge in [-0.2, -0.15) is 0 Å². The Balaban J connectivity index is 1.64. The average Bonchev–Trinajstić information content (AvgIpc) is 3.14. The molecule has 2 aromatic rings. The number of hydrogen-bond donors (Lipinski definition) is 2. The molecule has 0 heterocycles. The molecule has 6 nitrogen and oxygen atoms in total. The predicted molar refractivity (Wildman–Crippen MR) is 102 cm³/mol. The van der Waals surface area contributed by atoms with Crippen molar-refractivity contribution in [2.45, 2.75) is 31.3 Å². The molecule has 0 bridgehead atoms. The average molecular weight is 368 g/mol. The number of benzene rings is 2. The van der Waals surface area contributed by atoms with Gasteiger partial charge in [0.1, 0.15) is 11.5 Å². The lowest BCUT2D eigenvalue weighted by molar-refractivity contribution is 0.0891. The number of rotatable bonds is 6. The van der Waals surface area contributed by atoms with E-state index in [-0.39, 0.29) is 23.9 Å². The number of methoxy groups -OCH3 is 2. The minimum Gasteiger partial charge on any atom is -0.497 e. The minimum atomic E-state index is -0.165. The zero-order valence-corrected chi connectivity index (χ0v) is 15.5. The van der Waals surface area contributed by atoms with E-state index < -0.39 is 0 Å². The fourth-order valence-electron chi connectivity index (χ4n) is 3.34. The second-order valence-electron chi connectivity index (χ2n) is 6.55. The standard InChI is InChI=1S/C21H24N2O4/c1-26-16-8-3-6-14(12-16)20(24)22-18-10-5-11-19(18)23-21(25)15-7-4-9-17(13-15)27-2/h3-4,6-9,12-13,18-19H,5,10-11H2,1-2H3,(H,22,24)(H,23,25). The molecule has 6 heteroatoms. The lowest BCUT2D eigenvalue weighted by atomic mass is 10.1. The van der Waals surface area contributed by atoms with Gasteiger partial charge >= 0.3 is 0 Å². The van der Waals surface area contributed by atoms with Crippen LogP contribution in [-0.2, 0) is 0 Å². The number of ether oxygens (including phenoxy) is 2. The van der Waals surface area contributed by atoms with E-state index in [1.165, 1.54) is 0 Å². The molecule has 0 aliphatic heterocycles. The van der Waals surface area contributed by atoms with Crippen LogP contribution in [-0.4, -0.2) is 38.1 Å². The molecule has 0 saturated heterocycles. The van der Waals surface area contributed by atoms with E-state index in [0.717, 1.165) is 19.3 Å². The van der Waals surface area contributed by atoms with Crippen molar-refractivity contribution in [2.24, 2.45) is 0 Å². The molecule has 2 amide bonds. The van der Waals surface area contributed by atoms with Crippen LogP contribution in [0.5, 0.6) is 11.5 Å². The summed E-state index contributed by atoms with van der Waals surface area (Å²) in [6.45, 7) is 0. The van der Waals surface area contributed by atoms with Crippen molar-refractivity contribution in [1.29, 1.82) is 0 Å².